The third-order valence-corrected chi connectivity index (χ3v) is 6.89. The summed E-state index contributed by atoms with van der Waals surface area (Å²) in [6, 6.07) is -0.659. The highest BCUT2D eigenvalue weighted by atomic mass is 32.2. The van der Waals surface area contributed by atoms with Gasteiger partial charge >= 0.3 is 15.5 Å². The number of hydrogen-bond donors (Lipinski definition) is 1. The molecular weight excluding hydrogens is 303 g/mol. The average molecular weight is 325 g/mol. The molecule has 7 heteroatoms. The summed E-state index contributed by atoms with van der Waals surface area (Å²) in [4.78, 5) is 0. The molecule has 122 valence electrons. The van der Waals surface area contributed by atoms with E-state index in [-0.39, 0.29) is 5.41 Å². The molecule has 3 nitrogen and oxygen atoms in total. The summed E-state index contributed by atoms with van der Waals surface area (Å²) in [6.07, 6.45) is 7.53. The lowest BCUT2D eigenvalue weighted by atomic mass is 9.48. The van der Waals surface area contributed by atoms with Crippen LogP contribution in [0.4, 0.5) is 13.2 Å². The molecule has 4 saturated carbocycles. The van der Waals surface area contributed by atoms with E-state index in [1.165, 1.54) is 19.3 Å². The van der Waals surface area contributed by atoms with Crippen molar-refractivity contribution in [3.05, 3.63) is 0 Å². The highest BCUT2D eigenvalue weighted by Crippen LogP contribution is 2.61. The molecule has 21 heavy (non-hydrogen) atoms. The van der Waals surface area contributed by atoms with Crippen molar-refractivity contribution in [1.29, 1.82) is 0 Å². The van der Waals surface area contributed by atoms with Crippen molar-refractivity contribution in [2.24, 2.45) is 23.2 Å². The topological polar surface area (TPSA) is 46.2 Å². The molecule has 0 heterocycles. The number of nitrogens with one attached hydrogen (secondary N) is 1. The largest absolute Gasteiger partial charge is 0.511 e. The first-order chi connectivity index (χ1) is 9.59. The Morgan fingerprint density at radius 1 is 1.10 bits per heavy atom. The summed E-state index contributed by atoms with van der Waals surface area (Å²) in [5, 5.41) is 0. The molecule has 4 aliphatic rings. The smallest absolute Gasteiger partial charge is 0.205 e. The Labute approximate surface area is 123 Å². The minimum absolute atomic E-state index is 0.0717. The zero-order chi connectivity index (χ0) is 15.5. The second-order valence-electron chi connectivity index (χ2n) is 7.59. The maximum atomic E-state index is 12.4. The molecule has 0 spiro atoms. The van der Waals surface area contributed by atoms with Gasteiger partial charge in [0.25, 0.3) is 0 Å². The molecular formula is C14H22F3NO2S. The maximum absolute atomic E-state index is 12.4. The Morgan fingerprint density at radius 3 is 1.90 bits per heavy atom. The van der Waals surface area contributed by atoms with Crippen molar-refractivity contribution in [2.45, 2.75) is 63.4 Å². The van der Waals surface area contributed by atoms with E-state index in [4.69, 9.17) is 0 Å². The Kier molecular flexibility index (Phi) is 3.60. The van der Waals surface area contributed by atoms with Crippen molar-refractivity contribution < 1.29 is 21.6 Å². The maximum Gasteiger partial charge on any atom is 0.511 e. The summed E-state index contributed by atoms with van der Waals surface area (Å²) in [5.41, 5.74) is -5.15. The van der Waals surface area contributed by atoms with E-state index >= 15 is 0 Å². The molecule has 4 aliphatic carbocycles. The highest BCUT2D eigenvalue weighted by molar-refractivity contribution is 7.90. The first-order valence-electron chi connectivity index (χ1n) is 7.67. The molecule has 1 unspecified atom stereocenters. The van der Waals surface area contributed by atoms with Gasteiger partial charge in [0.2, 0.25) is 0 Å². The van der Waals surface area contributed by atoms with Crippen LogP contribution in [-0.2, 0) is 10.0 Å². The van der Waals surface area contributed by atoms with Crippen molar-refractivity contribution in [3.63, 3.8) is 0 Å². The molecule has 0 aromatic rings. The van der Waals surface area contributed by atoms with Gasteiger partial charge in [0, 0.05) is 6.04 Å². The third-order valence-electron chi connectivity index (χ3n) is 5.57. The van der Waals surface area contributed by atoms with E-state index in [1.807, 2.05) is 4.72 Å². The number of hydrogen-bond acceptors (Lipinski definition) is 2. The quantitative estimate of drug-likeness (QED) is 0.861. The lowest BCUT2D eigenvalue weighted by Crippen LogP contribution is -2.50. The van der Waals surface area contributed by atoms with Crippen LogP contribution in [-0.4, -0.2) is 20.0 Å². The molecule has 4 rings (SSSR count). The summed E-state index contributed by atoms with van der Waals surface area (Å²) >= 11 is 0. The van der Waals surface area contributed by atoms with Crippen LogP contribution in [0.15, 0.2) is 0 Å². The summed E-state index contributed by atoms with van der Waals surface area (Å²) in [7, 11) is -5.23. The van der Waals surface area contributed by atoms with Crippen molar-refractivity contribution in [1.82, 2.24) is 4.72 Å². The van der Waals surface area contributed by atoms with Gasteiger partial charge in [0.15, 0.2) is 0 Å². The summed E-state index contributed by atoms with van der Waals surface area (Å²) in [5.74, 6) is 2.13. The fourth-order valence-corrected chi connectivity index (χ4v) is 6.31. The first kappa shape index (κ1) is 15.6. The number of sulfonamides is 1. The first-order valence-corrected chi connectivity index (χ1v) is 9.15. The molecule has 0 saturated heterocycles. The van der Waals surface area contributed by atoms with E-state index < -0.39 is 21.6 Å². The standard InChI is InChI=1S/C14H22F3NO2S/c1-9(18-21(19,20)14(15,16)17)5-13-6-10-2-11(7-13)4-12(3-10)8-13/h9-12,18H,2-8H2,1H3. The normalized spacial score (nSPS) is 40.5. The SMILES string of the molecule is CC(CC12CC3CC(CC(C3)C1)C2)NS(=O)(=O)C(F)(F)F. The lowest BCUT2D eigenvalue weighted by molar-refractivity contribution is -0.0617. The summed E-state index contributed by atoms with van der Waals surface area (Å²) < 4.78 is 61.6. The molecule has 0 aromatic carbocycles. The van der Waals surface area contributed by atoms with E-state index in [0.717, 1.165) is 19.3 Å². The van der Waals surface area contributed by atoms with Gasteiger partial charge in [-0.3, -0.25) is 0 Å². The van der Waals surface area contributed by atoms with Crippen LogP contribution in [0.3, 0.4) is 0 Å². The van der Waals surface area contributed by atoms with Crippen molar-refractivity contribution in [2.75, 3.05) is 0 Å². The van der Waals surface area contributed by atoms with Gasteiger partial charge in [-0.1, -0.05) is 0 Å². The molecule has 1 atom stereocenters. The van der Waals surface area contributed by atoms with Gasteiger partial charge < -0.3 is 0 Å². The van der Waals surface area contributed by atoms with Crippen LogP contribution in [0.2, 0.25) is 0 Å². The van der Waals surface area contributed by atoms with Crippen LogP contribution in [0.1, 0.15) is 51.9 Å². The Bertz CT molecular complexity index is 480. The van der Waals surface area contributed by atoms with Gasteiger partial charge in [-0.25, -0.2) is 13.1 Å². The van der Waals surface area contributed by atoms with E-state index in [0.29, 0.717) is 24.2 Å². The van der Waals surface area contributed by atoms with Crippen LogP contribution in [0.25, 0.3) is 0 Å². The second-order valence-corrected chi connectivity index (χ2v) is 9.30. The Hall–Kier alpha value is -0.300. The minimum atomic E-state index is -5.23. The fourth-order valence-electron chi connectivity index (χ4n) is 5.56. The molecule has 0 radical (unpaired) electrons. The Balaban J connectivity index is 1.67. The minimum Gasteiger partial charge on any atom is -0.205 e. The van der Waals surface area contributed by atoms with Crippen LogP contribution in [0, 0.1) is 23.2 Å². The zero-order valence-corrected chi connectivity index (χ0v) is 12.9. The van der Waals surface area contributed by atoms with Crippen LogP contribution < -0.4 is 4.72 Å². The highest BCUT2D eigenvalue weighted by Gasteiger charge is 2.52. The average Bonchev–Trinajstić information content (AvgIpc) is 2.22. The van der Waals surface area contributed by atoms with Crippen molar-refractivity contribution >= 4 is 10.0 Å². The molecule has 4 bridgehead atoms. The lowest BCUT2D eigenvalue weighted by Gasteiger charge is -2.57. The predicted octanol–water partition coefficient (Wildman–Crippen LogP) is 3.42. The van der Waals surface area contributed by atoms with Gasteiger partial charge in [-0.05, 0) is 75.0 Å². The molecule has 1 N–H and O–H groups in total. The number of halogens is 3. The van der Waals surface area contributed by atoms with Gasteiger partial charge in [0.05, 0.1) is 0 Å². The Morgan fingerprint density at radius 2 is 1.52 bits per heavy atom. The molecule has 0 aromatic heterocycles. The molecule has 4 fully saturated rings. The number of alkyl halides is 3. The van der Waals surface area contributed by atoms with Crippen LogP contribution >= 0.6 is 0 Å². The zero-order valence-electron chi connectivity index (χ0n) is 12.1. The van der Waals surface area contributed by atoms with Gasteiger partial charge in [0.1, 0.15) is 0 Å². The van der Waals surface area contributed by atoms with E-state index in [2.05, 4.69) is 0 Å². The van der Waals surface area contributed by atoms with E-state index in [9.17, 15) is 21.6 Å². The van der Waals surface area contributed by atoms with E-state index in [1.54, 1.807) is 6.92 Å². The molecule has 0 aliphatic heterocycles. The van der Waals surface area contributed by atoms with Gasteiger partial charge in [-0.15, -0.1) is 0 Å². The molecule has 0 amide bonds. The summed E-state index contributed by atoms with van der Waals surface area (Å²) in [6.45, 7) is 1.56. The monoisotopic (exact) mass is 325 g/mol. The fraction of sp³-hybridized carbons (Fsp3) is 1.00. The van der Waals surface area contributed by atoms with Crippen LogP contribution in [0.5, 0.6) is 0 Å². The second kappa shape index (κ2) is 4.85. The van der Waals surface area contributed by atoms with Crippen molar-refractivity contribution in [3.8, 4) is 0 Å². The third kappa shape index (κ3) is 2.96. The van der Waals surface area contributed by atoms with Gasteiger partial charge in [-0.2, -0.15) is 13.2 Å². The predicted molar refractivity (Wildman–Crippen MR) is 72.8 cm³/mol. The number of rotatable bonds is 4.